The van der Waals surface area contributed by atoms with E-state index in [9.17, 15) is 13.2 Å². The van der Waals surface area contributed by atoms with Crippen LogP contribution in [0, 0.1) is 12.7 Å². The summed E-state index contributed by atoms with van der Waals surface area (Å²) in [6, 6.07) is 5.35. The second-order valence-electron chi connectivity index (χ2n) is 8.15. The van der Waals surface area contributed by atoms with Gasteiger partial charge in [0.15, 0.2) is 5.82 Å². The zero-order valence-corrected chi connectivity index (χ0v) is 17.8. The Labute approximate surface area is 178 Å². The van der Waals surface area contributed by atoms with Crippen molar-refractivity contribution in [2.24, 2.45) is 0 Å². The zero-order chi connectivity index (χ0) is 22.3. The van der Waals surface area contributed by atoms with Gasteiger partial charge in [0.25, 0.3) is 6.43 Å². The number of aryl methyl sites for hydroxylation is 1. The highest BCUT2D eigenvalue weighted by Crippen LogP contribution is 2.34. The third-order valence-corrected chi connectivity index (χ3v) is 5.79. The predicted octanol–water partition coefficient (Wildman–Crippen LogP) is 4.81. The van der Waals surface area contributed by atoms with Crippen molar-refractivity contribution < 1.29 is 17.9 Å². The number of fused-ring (bicyclic) bond motifs is 1. The molecule has 3 aromatic rings. The van der Waals surface area contributed by atoms with E-state index < -0.39 is 23.8 Å². The number of hydrogen-bond donors (Lipinski definition) is 1. The van der Waals surface area contributed by atoms with Crippen LogP contribution in [-0.4, -0.2) is 41.0 Å². The van der Waals surface area contributed by atoms with Crippen LogP contribution in [0.1, 0.15) is 43.1 Å². The van der Waals surface area contributed by atoms with Crippen LogP contribution in [0.15, 0.2) is 30.5 Å². The molecule has 0 radical (unpaired) electrons. The van der Waals surface area contributed by atoms with Gasteiger partial charge in [-0.15, -0.1) is 5.10 Å². The predicted molar refractivity (Wildman–Crippen MR) is 113 cm³/mol. The van der Waals surface area contributed by atoms with E-state index in [4.69, 9.17) is 4.74 Å². The molecule has 1 fully saturated rings. The molecule has 1 aliphatic heterocycles. The largest absolute Gasteiger partial charge is 0.375 e. The monoisotopic (exact) mass is 431 g/mol. The Morgan fingerprint density at radius 1 is 1.19 bits per heavy atom. The minimum Gasteiger partial charge on any atom is -0.375 e. The van der Waals surface area contributed by atoms with E-state index in [-0.39, 0.29) is 11.2 Å². The maximum Gasteiger partial charge on any atom is 0.266 e. The standard InChI is InChI=1S/C22H24F3N5O/c1-12(15-6-5-7-16(18(15)23)20(24)25)27-21-17-8-14(30-10-22(3,11-30)31-4)9-26-19(17)13(2)28-29-21/h5-9,12,20H,10-11H2,1-4H3,(H,27,29). The average Bonchev–Trinajstić information content (AvgIpc) is 2.73. The molecule has 0 bridgehead atoms. The van der Waals surface area contributed by atoms with Crippen LogP contribution in [-0.2, 0) is 4.74 Å². The van der Waals surface area contributed by atoms with Crippen LogP contribution in [0.2, 0.25) is 0 Å². The number of nitrogens with one attached hydrogen (secondary N) is 1. The molecule has 0 amide bonds. The molecule has 164 valence electrons. The lowest BCUT2D eigenvalue weighted by Crippen LogP contribution is -2.61. The molecule has 0 aliphatic carbocycles. The van der Waals surface area contributed by atoms with Crippen molar-refractivity contribution in [3.63, 3.8) is 0 Å². The summed E-state index contributed by atoms with van der Waals surface area (Å²) >= 11 is 0. The number of methoxy groups -OCH3 is 1. The second-order valence-corrected chi connectivity index (χ2v) is 8.15. The molecular weight excluding hydrogens is 407 g/mol. The first kappa shape index (κ1) is 21.3. The van der Waals surface area contributed by atoms with Crippen LogP contribution in [0.4, 0.5) is 24.7 Å². The maximum absolute atomic E-state index is 14.6. The number of hydrogen-bond acceptors (Lipinski definition) is 6. The smallest absolute Gasteiger partial charge is 0.266 e. The van der Waals surface area contributed by atoms with Crippen molar-refractivity contribution in [1.29, 1.82) is 0 Å². The third-order valence-electron chi connectivity index (χ3n) is 5.79. The van der Waals surface area contributed by atoms with Gasteiger partial charge in [-0.25, -0.2) is 13.2 Å². The van der Waals surface area contributed by atoms with Gasteiger partial charge in [-0.3, -0.25) is 4.98 Å². The lowest BCUT2D eigenvalue weighted by molar-refractivity contribution is -0.0167. The highest BCUT2D eigenvalue weighted by Gasteiger charge is 2.39. The van der Waals surface area contributed by atoms with E-state index >= 15 is 0 Å². The summed E-state index contributed by atoms with van der Waals surface area (Å²) in [6.07, 6.45) is -1.10. The van der Waals surface area contributed by atoms with Gasteiger partial charge in [-0.2, -0.15) is 5.10 Å². The van der Waals surface area contributed by atoms with E-state index in [1.165, 1.54) is 12.1 Å². The number of rotatable bonds is 6. The molecule has 3 heterocycles. The average molecular weight is 431 g/mol. The molecule has 4 rings (SSSR count). The number of nitrogens with zero attached hydrogens (tertiary/aromatic N) is 4. The van der Waals surface area contributed by atoms with Crippen molar-refractivity contribution in [1.82, 2.24) is 15.2 Å². The van der Waals surface area contributed by atoms with E-state index in [0.717, 1.165) is 30.2 Å². The topological polar surface area (TPSA) is 63.2 Å². The first-order chi connectivity index (χ1) is 14.7. The third kappa shape index (κ3) is 3.89. The molecule has 1 aromatic carbocycles. The fraction of sp³-hybridized carbons (Fsp3) is 0.409. The van der Waals surface area contributed by atoms with Crippen molar-refractivity contribution in [2.75, 3.05) is 30.4 Å². The molecule has 9 heteroatoms. The Kier molecular flexibility index (Phi) is 5.47. The van der Waals surface area contributed by atoms with E-state index in [1.807, 2.05) is 19.9 Å². The van der Waals surface area contributed by atoms with Crippen molar-refractivity contribution in [3.05, 3.63) is 53.1 Å². The van der Waals surface area contributed by atoms with Gasteiger partial charge < -0.3 is 15.0 Å². The number of anilines is 2. The molecular formula is C22H24F3N5O. The SMILES string of the molecule is COC1(C)CN(c2cnc3c(C)nnc(NC(C)c4cccc(C(F)F)c4F)c3c2)C1. The number of halogens is 3. The van der Waals surface area contributed by atoms with Crippen molar-refractivity contribution in [3.8, 4) is 0 Å². The number of alkyl halides is 2. The van der Waals surface area contributed by atoms with E-state index in [2.05, 4.69) is 25.4 Å². The summed E-state index contributed by atoms with van der Waals surface area (Å²) in [6.45, 7) is 7.02. The van der Waals surface area contributed by atoms with Gasteiger partial charge in [0, 0.05) is 31.1 Å². The first-order valence-corrected chi connectivity index (χ1v) is 9.98. The van der Waals surface area contributed by atoms with E-state index in [0.29, 0.717) is 17.0 Å². The van der Waals surface area contributed by atoms with Crippen LogP contribution >= 0.6 is 0 Å². The lowest BCUT2D eigenvalue weighted by atomic mass is 9.96. The Hall–Kier alpha value is -2.94. The molecule has 0 spiro atoms. The summed E-state index contributed by atoms with van der Waals surface area (Å²) in [5, 5.41) is 12.2. The normalized spacial score (nSPS) is 16.5. The van der Waals surface area contributed by atoms with Crippen LogP contribution in [0.25, 0.3) is 10.9 Å². The molecule has 31 heavy (non-hydrogen) atoms. The summed E-state index contributed by atoms with van der Waals surface area (Å²) < 4.78 is 46.3. The van der Waals surface area contributed by atoms with Gasteiger partial charge in [0.2, 0.25) is 0 Å². The molecule has 1 N–H and O–H groups in total. The maximum atomic E-state index is 14.6. The number of aromatic nitrogens is 3. The fourth-order valence-corrected chi connectivity index (χ4v) is 3.86. The molecule has 1 atom stereocenters. The van der Waals surface area contributed by atoms with Gasteiger partial charge in [-0.1, -0.05) is 18.2 Å². The van der Waals surface area contributed by atoms with Crippen LogP contribution < -0.4 is 10.2 Å². The minimum absolute atomic E-state index is 0.135. The van der Waals surface area contributed by atoms with E-state index in [1.54, 1.807) is 20.2 Å². The fourth-order valence-electron chi connectivity index (χ4n) is 3.86. The van der Waals surface area contributed by atoms with Crippen LogP contribution in [0.3, 0.4) is 0 Å². The highest BCUT2D eigenvalue weighted by atomic mass is 19.3. The second kappa shape index (κ2) is 7.96. The molecule has 6 nitrogen and oxygen atoms in total. The summed E-state index contributed by atoms with van der Waals surface area (Å²) in [5.74, 6) is -0.501. The zero-order valence-electron chi connectivity index (χ0n) is 17.8. The van der Waals surface area contributed by atoms with Crippen molar-refractivity contribution >= 4 is 22.4 Å². The molecule has 0 saturated carbocycles. The quantitative estimate of drug-likeness (QED) is 0.605. The number of benzene rings is 1. The minimum atomic E-state index is -2.88. The summed E-state index contributed by atoms with van der Waals surface area (Å²) in [4.78, 5) is 6.70. The molecule has 1 saturated heterocycles. The van der Waals surface area contributed by atoms with Gasteiger partial charge in [-0.05, 0) is 26.8 Å². The van der Waals surface area contributed by atoms with Gasteiger partial charge in [0.1, 0.15) is 5.82 Å². The first-order valence-electron chi connectivity index (χ1n) is 9.98. The Morgan fingerprint density at radius 3 is 2.58 bits per heavy atom. The molecule has 1 unspecified atom stereocenters. The van der Waals surface area contributed by atoms with Gasteiger partial charge in [0.05, 0.1) is 40.3 Å². The Balaban J connectivity index is 1.67. The van der Waals surface area contributed by atoms with Crippen LogP contribution in [0.5, 0.6) is 0 Å². The van der Waals surface area contributed by atoms with Gasteiger partial charge >= 0.3 is 0 Å². The molecule has 1 aliphatic rings. The summed E-state index contributed by atoms with van der Waals surface area (Å²) in [7, 11) is 1.69. The Morgan fingerprint density at radius 2 is 1.90 bits per heavy atom. The van der Waals surface area contributed by atoms with Crippen molar-refractivity contribution in [2.45, 2.75) is 38.8 Å². The molecule has 2 aromatic heterocycles. The highest BCUT2D eigenvalue weighted by molar-refractivity contribution is 5.92. The lowest BCUT2D eigenvalue weighted by Gasteiger charge is -2.48. The Bertz CT molecular complexity index is 1120. The number of pyridine rings is 1. The number of ether oxygens (including phenoxy) is 1. The summed E-state index contributed by atoms with van der Waals surface area (Å²) in [5.41, 5.74) is 1.58.